The van der Waals surface area contributed by atoms with Gasteiger partial charge in [0, 0.05) is 18.3 Å². The van der Waals surface area contributed by atoms with Crippen LogP contribution in [0.5, 0.6) is 0 Å². The highest BCUT2D eigenvalue weighted by Gasteiger charge is 2.39. The SMILES string of the molecule is CCN(C(=O)[C@H](C)N(CC(F)(F)F)c1ccc(C#N)c(C(F)(F)F)c1)C(C)C. The van der Waals surface area contributed by atoms with E-state index >= 15 is 0 Å². The number of hydrogen-bond acceptors (Lipinski definition) is 3. The van der Waals surface area contributed by atoms with Gasteiger partial charge in [0.15, 0.2) is 0 Å². The van der Waals surface area contributed by atoms with E-state index in [2.05, 4.69) is 0 Å². The monoisotopic (exact) mass is 409 g/mol. The van der Waals surface area contributed by atoms with Crippen molar-refractivity contribution in [2.75, 3.05) is 18.0 Å². The Hall–Kier alpha value is -2.44. The number of halogens is 6. The molecule has 1 aromatic rings. The van der Waals surface area contributed by atoms with Gasteiger partial charge in [0.1, 0.15) is 12.6 Å². The highest BCUT2D eigenvalue weighted by Crippen LogP contribution is 2.35. The standard InChI is InChI=1S/C18H21F6N3O/c1-5-26(11(2)3)16(28)12(4)27(10-17(19,20)21)14-7-6-13(9-25)15(8-14)18(22,23)24/h6-8,11-12H,5,10H2,1-4H3/t12-/m0/s1. The highest BCUT2D eigenvalue weighted by molar-refractivity contribution is 5.85. The summed E-state index contributed by atoms with van der Waals surface area (Å²) in [6, 6.07) is 1.98. The molecule has 156 valence electrons. The van der Waals surface area contributed by atoms with E-state index in [-0.39, 0.29) is 12.6 Å². The molecule has 0 saturated heterocycles. The van der Waals surface area contributed by atoms with Gasteiger partial charge in [-0.1, -0.05) is 0 Å². The molecule has 0 radical (unpaired) electrons. The van der Waals surface area contributed by atoms with Crippen LogP contribution in [0.3, 0.4) is 0 Å². The maximum absolute atomic E-state index is 13.2. The summed E-state index contributed by atoms with van der Waals surface area (Å²) in [4.78, 5) is 14.6. The molecule has 0 spiro atoms. The van der Waals surface area contributed by atoms with Crippen molar-refractivity contribution in [3.8, 4) is 6.07 Å². The number of hydrogen-bond donors (Lipinski definition) is 0. The van der Waals surface area contributed by atoms with Crippen LogP contribution in [0.4, 0.5) is 32.0 Å². The lowest BCUT2D eigenvalue weighted by atomic mass is 10.1. The van der Waals surface area contributed by atoms with Gasteiger partial charge in [0.05, 0.1) is 17.2 Å². The van der Waals surface area contributed by atoms with Crippen LogP contribution in [0.15, 0.2) is 18.2 Å². The van der Waals surface area contributed by atoms with Crippen molar-refractivity contribution in [1.82, 2.24) is 4.90 Å². The van der Waals surface area contributed by atoms with Gasteiger partial charge < -0.3 is 9.80 Å². The van der Waals surface area contributed by atoms with E-state index in [1.807, 2.05) is 0 Å². The fourth-order valence-corrected chi connectivity index (χ4v) is 2.84. The smallest absolute Gasteiger partial charge is 0.351 e. The van der Waals surface area contributed by atoms with Gasteiger partial charge in [-0.3, -0.25) is 4.79 Å². The first kappa shape index (κ1) is 23.6. The lowest BCUT2D eigenvalue weighted by molar-refractivity contribution is -0.137. The molecule has 4 nitrogen and oxygen atoms in total. The molecule has 28 heavy (non-hydrogen) atoms. The Morgan fingerprint density at radius 2 is 1.71 bits per heavy atom. The number of carbonyl (C=O) groups excluding carboxylic acids is 1. The summed E-state index contributed by atoms with van der Waals surface area (Å²) < 4.78 is 78.9. The molecule has 1 amide bonds. The Bertz CT molecular complexity index is 736. The van der Waals surface area contributed by atoms with Gasteiger partial charge >= 0.3 is 12.4 Å². The topological polar surface area (TPSA) is 47.3 Å². The molecule has 0 unspecified atom stereocenters. The number of carbonyl (C=O) groups is 1. The Morgan fingerprint density at radius 1 is 1.14 bits per heavy atom. The molecule has 0 saturated carbocycles. The number of rotatable bonds is 6. The van der Waals surface area contributed by atoms with Gasteiger partial charge in [-0.25, -0.2) is 0 Å². The first-order valence-corrected chi connectivity index (χ1v) is 8.48. The third kappa shape index (κ3) is 5.78. The molecule has 0 aliphatic rings. The van der Waals surface area contributed by atoms with E-state index in [9.17, 15) is 31.1 Å². The second-order valence-corrected chi connectivity index (χ2v) is 6.48. The number of nitrogens with zero attached hydrogens (tertiary/aromatic N) is 3. The molecule has 0 aliphatic carbocycles. The van der Waals surface area contributed by atoms with Gasteiger partial charge in [0.25, 0.3) is 0 Å². The zero-order valence-corrected chi connectivity index (χ0v) is 15.8. The third-order valence-electron chi connectivity index (χ3n) is 4.18. The zero-order valence-electron chi connectivity index (χ0n) is 15.8. The Kier molecular flexibility index (Phi) is 7.34. The molecule has 1 aromatic carbocycles. The zero-order chi connectivity index (χ0) is 21.9. The first-order chi connectivity index (χ1) is 12.7. The van der Waals surface area contributed by atoms with Crippen molar-refractivity contribution in [2.45, 2.75) is 52.1 Å². The molecule has 0 N–H and O–H groups in total. The van der Waals surface area contributed by atoms with Crippen LogP contribution in [-0.2, 0) is 11.0 Å². The summed E-state index contributed by atoms with van der Waals surface area (Å²) in [5.41, 5.74) is -2.50. The van der Waals surface area contributed by atoms with Gasteiger partial charge in [-0.15, -0.1) is 0 Å². The molecule has 0 aromatic heterocycles. The normalized spacial score (nSPS) is 13.2. The Morgan fingerprint density at radius 3 is 2.11 bits per heavy atom. The predicted octanol–water partition coefficient (Wildman–Crippen LogP) is 4.59. The highest BCUT2D eigenvalue weighted by atomic mass is 19.4. The van der Waals surface area contributed by atoms with Crippen molar-refractivity contribution in [1.29, 1.82) is 5.26 Å². The molecule has 10 heteroatoms. The predicted molar refractivity (Wildman–Crippen MR) is 91.5 cm³/mol. The number of anilines is 1. The minimum absolute atomic E-state index is 0.238. The average molecular weight is 409 g/mol. The number of amides is 1. The second-order valence-electron chi connectivity index (χ2n) is 6.48. The summed E-state index contributed by atoms with van der Waals surface area (Å²) in [5.74, 6) is -0.639. The Labute approximate surface area is 159 Å². The molecule has 1 atom stereocenters. The van der Waals surface area contributed by atoms with Crippen molar-refractivity contribution in [2.24, 2.45) is 0 Å². The van der Waals surface area contributed by atoms with Crippen LogP contribution < -0.4 is 4.90 Å². The minimum Gasteiger partial charge on any atom is -0.351 e. The number of benzene rings is 1. The van der Waals surface area contributed by atoms with Crippen LogP contribution in [0.2, 0.25) is 0 Å². The average Bonchev–Trinajstić information content (AvgIpc) is 2.57. The molecule has 1 rings (SSSR count). The van der Waals surface area contributed by atoms with Crippen molar-refractivity contribution < 1.29 is 31.1 Å². The van der Waals surface area contributed by atoms with E-state index in [1.54, 1.807) is 20.8 Å². The fraction of sp³-hybridized carbons (Fsp3) is 0.556. The Balaban J connectivity index is 3.47. The fourth-order valence-electron chi connectivity index (χ4n) is 2.84. The van der Waals surface area contributed by atoms with E-state index in [4.69, 9.17) is 5.26 Å². The van der Waals surface area contributed by atoms with E-state index in [0.29, 0.717) is 11.0 Å². The maximum Gasteiger partial charge on any atom is 0.417 e. The number of alkyl halides is 6. The summed E-state index contributed by atoms with van der Waals surface area (Å²) in [6.07, 6.45) is -9.68. The molecule has 0 bridgehead atoms. The number of nitriles is 1. The van der Waals surface area contributed by atoms with Crippen LogP contribution >= 0.6 is 0 Å². The van der Waals surface area contributed by atoms with E-state index in [1.165, 1.54) is 17.9 Å². The molecule has 0 fully saturated rings. The quantitative estimate of drug-likeness (QED) is 0.646. The molecular weight excluding hydrogens is 388 g/mol. The maximum atomic E-state index is 13.2. The summed E-state index contributed by atoms with van der Waals surface area (Å²) in [5, 5.41) is 8.86. The molecular formula is C18H21F6N3O. The summed E-state index contributed by atoms with van der Waals surface area (Å²) >= 11 is 0. The van der Waals surface area contributed by atoms with Crippen molar-refractivity contribution in [3.63, 3.8) is 0 Å². The van der Waals surface area contributed by atoms with Crippen molar-refractivity contribution >= 4 is 11.6 Å². The lowest BCUT2D eigenvalue weighted by Crippen LogP contribution is -2.52. The first-order valence-electron chi connectivity index (χ1n) is 8.48. The van der Waals surface area contributed by atoms with Gasteiger partial charge in [-0.2, -0.15) is 31.6 Å². The van der Waals surface area contributed by atoms with Gasteiger partial charge in [-0.05, 0) is 45.9 Å². The summed E-state index contributed by atoms with van der Waals surface area (Å²) in [7, 11) is 0. The van der Waals surface area contributed by atoms with Crippen LogP contribution in [0.25, 0.3) is 0 Å². The van der Waals surface area contributed by atoms with Crippen LogP contribution in [0.1, 0.15) is 38.8 Å². The van der Waals surface area contributed by atoms with Crippen molar-refractivity contribution in [3.05, 3.63) is 29.3 Å². The minimum atomic E-state index is -4.92. The molecule has 0 heterocycles. The third-order valence-corrected chi connectivity index (χ3v) is 4.18. The lowest BCUT2D eigenvalue weighted by Gasteiger charge is -2.36. The second kappa shape index (κ2) is 8.71. The molecule has 0 aliphatic heterocycles. The van der Waals surface area contributed by atoms with Crippen LogP contribution in [0, 0.1) is 11.3 Å². The van der Waals surface area contributed by atoms with Gasteiger partial charge in [0.2, 0.25) is 5.91 Å². The summed E-state index contributed by atoms with van der Waals surface area (Å²) in [6.45, 7) is 4.87. The van der Waals surface area contributed by atoms with E-state index in [0.717, 1.165) is 12.1 Å². The van der Waals surface area contributed by atoms with E-state index < -0.39 is 47.7 Å². The largest absolute Gasteiger partial charge is 0.417 e. The van der Waals surface area contributed by atoms with Crippen LogP contribution in [-0.4, -0.2) is 42.2 Å². The number of likely N-dealkylation sites (N-methyl/N-ethyl adjacent to an activating group) is 1.